The molecular formula is C14H19F3O. The average Bonchev–Trinajstić information content (AvgIpc) is 2.29. The third-order valence-corrected chi connectivity index (χ3v) is 2.87. The van der Waals surface area contributed by atoms with Crippen molar-refractivity contribution in [3.8, 4) is 0 Å². The maximum Gasteiger partial charge on any atom is 0.418 e. The maximum absolute atomic E-state index is 12.6. The second-order valence-corrected chi connectivity index (χ2v) is 4.48. The van der Waals surface area contributed by atoms with E-state index < -0.39 is 12.3 Å². The van der Waals surface area contributed by atoms with E-state index in [1.807, 2.05) is 19.9 Å². The lowest BCUT2D eigenvalue weighted by Crippen LogP contribution is -2.21. The van der Waals surface area contributed by atoms with Gasteiger partial charge in [-0.05, 0) is 29.5 Å². The first kappa shape index (κ1) is 15.0. The molecule has 0 aliphatic carbocycles. The molecule has 0 amide bonds. The molecule has 0 aliphatic rings. The molecule has 1 aromatic rings. The Hall–Kier alpha value is -1.03. The van der Waals surface area contributed by atoms with E-state index in [0.29, 0.717) is 12.0 Å². The molecule has 102 valence electrons. The van der Waals surface area contributed by atoms with E-state index in [0.717, 1.165) is 24.8 Å². The van der Waals surface area contributed by atoms with Crippen LogP contribution >= 0.6 is 0 Å². The van der Waals surface area contributed by atoms with Crippen molar-refractivity contribution in [1.82, 2.24) is 0 Å². The van der Waals surface area contributed by atoms with Crippen molar-refractivity contribution < 1.29 is 18.3 Å². The first-order chi connectivity index (χ1) is 8.40. The van der Waals surface area contributed by atoms with Gasteiger partial charge in [-0.2, -0.15) is 13.2 Å². The highest BCUT2D eigenvalue weighted by molar-refractivity contribution is 5.34. The Bertz CT molecular complexity index is 385. The normalized spacial score (nSPS) is 13.7. The molecular weight excluding hydrogens is 241 g/mol. The summed E-state index contributed by atoms with van der Waals surface area (Å²) < 4.78 is 37.9. The summed E-state index contributed by atoms with van der Waals surface area (Å²) in [5.41, 5.74) is 1.44. The van der Waals surface area contributed by atoms with Crippen LogP contribution in [0.1, 0.15) is 49.5 Å². The monoisotopic (exact) mass is 260 g/mol. The molecule has 1 aromatic carbocycles. The predicted molar refractivity (Wildman–Crippen MR) is 65.4 cm³/mol. The number of aryl methyl sites for hydroxylation is 2. The van der Waals surface area contributed by atoms with Crippen molar-refractivity contribution in [3.63, 3.8) is 0 Å². The van der Waals surface area contributed by atoms with Crippen molar-refractivity contribution in [2.24, 2.45) is 0 Å². The fourth-order valence-electron chi connectivity index (χ4n) is 2.02. The standard InChI is InChI=1S/C14H19F3O/c1-3-5-10-7-8-11(6-4-2)12(9-10)13(18)14(15,16)17/h7-9,13,18H,3-6H2,1-2H3. The van der Waals surface area contributed by atoms with Crippen molar-refractivity contribution in [2.75, 3.05) is 0 Å². The quantitative estimate of drug-likeness (QED) is 0.841. The van der Waals surface area contributed by atoms with Crippen LogP contribution < -0.4 is 0 Å². The van der Waals surface area contributed by atoms with Crippen molar-refractivity contribution in [3.05, 3.63) is 34.9 Å². The molecule has 0 fully saturated rings. The number of aliphatic hydroxyl groups excluding tert-OH is 1. The molecule has 0 radical (unpaired) electrons. The van der Waals surface area contributed by atoms with Gasteiger partial charge in [-0.3, -0.25) is 0 Å². The van der Waals surface area contributed by atoms with E-state index in [1.165, 1.54) is 6.07 Å². The van der Waals surface area contributed by atoms with E-state index in [-0.39, 0.29) is 5.56 Å². The maximum atomic E-state index is 12.6. The number of halogens is 3. The molecule has 1 N–H and O–H groups in total. The van der Waals surface area contributed by atoms with Crippen LogP contribution in [0.3, 0.4) is 0 Å². The lowest BCUT2D eigenvalue weighted by atomic mass is 9.95. The first-order valence-electron chi connectivity index (χ1n) is 6.26. The van der Waals surface area contributed by atoms with Gasteiger partial charge in [0.1, 0.15) is 0 Å². The van der Waals surface area contributed by atoms with Crippen molar-refractivity contribution in [2.45, 2.75) is 51.8 Å². The third kappa shape index (κ3) is 3.73. The third-order valence-electron chi connectivity index (χ3n) is 2.87. The van der Waals surface area contributed by atoms with Crippen LogP contribution in [0.5, 0.6) is 0 Å². The molecule has 1 rings (SSSR count). The van der Waals surface area contributed by atoms with Gasteiger partial charge in [-0.1, -0.05) is 44.9 Å². The van der Waals surface area contributed by atoms with Crippen LogP contribution in [-0.4, -0.2) is 11.3 Å². The minimum absolute atomic E-state index is 0.00954. The second kappa shape index (κ2) is 6.23. The van der Waals surface area contributed by atoms with Crippen molar-refractivity contribution >= 4 is 0 Å². The largest absolute Gasteiger partial charge is 0.418 e. The highest BCUT2D eigenvalue weighted by atomic mass is 19.4. The Balaban J connectivity index is 3.14. The van der Waals surface area contributed by atoms with Gasteiger partial charge < -0.3 is 5.11 Å². The molecule has 18 heavy (non-hydrogen) atoms. The summed E-state index contributed by atoms with van der Waals surface area (Å²) in [5, 5.41) is 9.43. The fraction of sp³-hybridized carbons (Fsp3) is 0.571. The van der Waals surface area contributed by atoms with E-state index in [2.05, 4.69) is 0 Å². The van der Waals surface area contributed by atoms with Crippen molar-refractivity contribution in [1.29, 1.82) is 0 Å². The molecule has 0 bridgehead atoms. The number of rotatable bonds is 5. The van der Waals surface area contributed by atoms with Gasteiger partial charge in [0.15, 0.2) is 6.10 Å². The summed E-state index contributed by atoms with van der Waals surface area (Å²) in [5.74, 6) is 0. The Morgan fingerprint density at radius 3 is 2.22 bits per heavy atom. The van der Waals surface area contributed by atoms with E-state index in [4.69, 9.17) is 0 Å². The zero-order valence-electron chi connectivity index (χ0n) is 10.7. The van der Waals surface area contributed by atoms with Gasteiger partial charge >= 0.3 is 6.18 Å². The highest BCUT2D eigenvalue weighted by Gasteiger charge is 2.40. The van der Waals surface area contributed by atoms with Crippen LogP contribution in [0, 0.1) is 0 Å². The van der Waals surface area contributed by atoms with Crippen LogP contribution in [0.4, 0.5) is 13.2 Å². The minimum atomic E-state index is -4.60. The van der Waals surface area contributed by atoms with E-state index in [9.17, 15) is 18.3 Å². The van der Waals surface area contributed by atoms with E-state index in [1.54, 1.807) is 6.07 Å². The average molecular weight is 260 g/mol. The summed E-state index contributed by atoms with van der Waals surface area (Å²) in [6, 6.07) is 5.05. The summed E-state index contributed by atoms with van der Waals surface area (Å²) in [6.07, 6.45) is -4.08. The molecule has 1 unspecified atom stereocenters. The first-order valence-corrected chi connectivity index (χ1v) is 6.26. The molecule has 0 heterocycles. The van der Waals surface area contributed by atoms with Gasteiger partial charge in [0.25, 0.3) is 0 Å². The summed E-state index contributed by atoms with van der Waals surface area (Å²) >= 11 is 0. The molecule has 0 aromatic heterocycles. The number of benzene rings is 1. The topological polar surface area (TPSA) is 20.2 Å². The number of aliphatic hydroxyl groups is 1. The Kier molecular flexibility index (Phi) is 5.20. The molecule has 1 nitrogen and oxygen atoms in total. The lowest BCUT2D eigenvalue weighted by Gasteiger charge is -2.19. The van der Waals surface area contributed by atoms with Gasteiger partial charge in [0.2, 0.25) is 0 Å². The smallest absolute Gasteiger partial charge is 0.379 e. The second-order valence-electron chi connectivity index (χ2n) is 4.48. The summed E-state index contributed by atoms with van der Waals surface area (Å²) in [6.45, 7) is 3.88. The zero-order chi connectivity index (χ0) is 13.8. The lowest BCUT2D eigenvalue weighted by molar-refractivity contribution is -0.207. The van der Waals surface area contributed by atoms with Gasteiger partial charge in [0, 0.05) is 0 Å². The number of hydrogen-bond acceptors (Lipinski definition) is 1. The molecule has 4 heteroatoms. The minimum Gasteiger partial charge on any atom is -0.379 e. The van der Waals surface area contributed by atoms with Gasteiger partial charge in [0.05, 0.1) is 0 Å². The van der Waals surface area contributed by atoms with Gasteiger partial charge in [-0.15, -0.1) is 0 Å². The Labute approximate surface area is 106 Å². The summed E-state index contributed by atoms with van der Waals surface area (Å²) in [7, 11) is 0. The molecule has 0 aliphatic heterocycles. The Morgan fingerprint density at radius 1 is 1.11 bits per heavy atom. The molecule has 0 saturated heterocycles. The van der Waals surface area contributed by atoms with Crippen LogP contribution in [0.15, 0.2) is 18.2 Å². The Morgan fingerprint density at radius 2 is 1.72 bits per heavy atom. The van der Waals surface area contributed by atoms with Crippen LogP contribution in [0.25, 0.3) is 0 Å². The number of alkyl halides is 3. The predicted octanol–water partition coefficient (Wildman–Crippen LogP) is 4.19. The fourth-order valence-corrected chi connectivity index (χ4v) is 2.02. The highest BCUT2D eigenvalue weighted by Crippen LogP contribution is 2.35. The van der Waals surface area contributed by atoms with E-state index >= 15 is 0 Å². The van der Waals surface area contributed by atoms with Crippen LogP contribution in [0.2, 0.25) is 0 Å². The molecule has 0 spiro atoms. The summed E-state index contributed by atoms with van der Waals surface area (Å²) in [4.78, 5) is 0. The van der Waals surface area contributed by atoms with Gasteiger partial charge in [-0.25, -0.2) is 0 Å². The zero-order valence-corrected chi connectivity index (χ0v) is 10.7. The SMILES string of the molecule is CCCc1ccc(CCC)c(C(O)C(F)(F)F)c1. The molecule has 0 saturated carbocycles. The van der Waals surface area contributed by atoms with Crippen LogP contribution in [-0.2, 0) is 12.8 Å². The number of hydrogen-bond donors (Lipinski definition) is 1. The molecule has 1 atom stereocenters.